The number of ether oxygens (including phenoxy) is 1. The van der Waals surface area contributed by atoms with Gasteiger partial charge in [-0.15, -0.1) is 11.3 Å². The maximum Gasteiger partial charge on any atom is 0.0850 e. The minimum absolute atomic E-state index is 0.0447. The predicted molar refractivity (Wildman–Crippen MR) is 59.9 cm³/mol. The molecular weight excluding hydrogens is 194 g/mol. The Morgan fingerprint density at radius 2 is 2.57 bits per heavy atom. The van der Waals surface area contributed by atoms with Crippen molar-refractivity contribution < 1.29 is 4.74 Å². The van der Waals surface area contributed by atoms with E-state index in [0.29, 0.717) is 0 Å². The standard InChI is InChI=1S/C11H17NOS/c1-13-11(5-3-6-12-9-11)8-10-4-2-7-14-10/h2,4,7,12H,3,5-6,8-9H2,1H3. The van der Waals surface area contributed by atoms with E-state index in [0.717, 1.165) is 19.5 Å². The second kappa shape index (κ2) is 4.43. The van der Waals surface area contributed by atoms with E-state index < -0.39 is 0 Å². The van der Waals surface area contributed by atoms with Crippen LogP contribution in [0.15, 0.2) is 17.5 Å². The van der Waals surface area contributed by atoms with Gasteiger partial charge in [-0.2, -0.15) is 0 Å². The highest BCUT2D eigenvalue weighted by atomic mass is 32.1. The molecule has 1 N–H and O–H groups in total. The van der Waals surface area contributed by atoms with Crippen LogP contribution in [-0.2, 0) is 11.2 Å². The Labute approximate surface area is 89.3 Å². The number of rotatable bonds is 3. The Bertz CT molecular complexity index is 265. The zero-order chi connectivity index (χ0) is 9.86. The fraction of sp³-hybridized carbons (Fsp3) is 0.636. The molecule has 1 unspecified atom stereocenters. The van der Waals surface area contributed by atoms with E-state index >= 15 is 0 Å². The number of hydrogen-bond donors (Lipinski definition) is 1. The first-order valence-corrected chi connectivity index (χ1v) is 6.01. The number of nitrogens with one attached hydrogen (secondary N) is 1. The van der Waals surface area contributed by atoms with Crippen LogP contribution >= 0.6 is 11.3 Å². The molecular formula is C11H17NOS. The summed E-state index contributed by atoms with van der Waals surface area (Å²) in [5.41, 5.74) is 0.0447. The van der Waals surface area contributed by atoms with E-state index in [1.54, 1.807) is 0 Å². The van der Waals surface area contributed by atoms with Crippen molar-refractivity contribution in [2.75, 3.05) is 20.2 Å². The summed E-state index contributed by atoms with van der Waals surface area (Å²) in [5, 5.41) is 5.55. The number of thiophene rings is 1. The van der Waals surface area contributed by atoms with E-state index in [1.165, 1.54) is 17.7 Å². The van der Waals surface area contributed by atoms with Gasteiger partial charge in [0.2, 0.25) is 0 Å². The fourth-order valence-corrected chi connectivity index (χ4v) is 2.90. The summed E-state index contributed by atoms with van der Waals surface area (Å²) in [4.78, 5) is 1.43. The third-order valence-corrected chi connectivity index (χ3v) is 3.82. The van der Waals surface area contributed by atoms with Crippen LogP contribution in [0.25, 0.3) is 0 Å². The monoisotopic (exact) mass is 211 g/mol. The first-order chi connectivity index (χ1) is 6.85. The summed E-state index contributed by atoms with van der Waals surface area (Å²) >= 11 is 1.82. The van der Waals surface area contributed by atoms with E-state index in [2.05, 4.69) is 22.8 Å². The topological polar surface area (TPSA) is 21.3 Å². The van der Waals surface area contributed by atoms with E-state index in [9.17, 15) is 0 Å². The van der Waals surface area contributed by atoms with Gasteiger partial charge in [0.1, 0.15) is 0 Å². The van der Waals surface area contributed by atoms with Gasteiger partial charge < -0.3 is 10.1 Å². The molecule has 78 valence electrons. The average Bonchev–Trinajstić information content (AvgIpc) is 2.72. The smallest absolute Gasteiger partial charge is 0.0850 e. The zero-order valence-corrected chi connectivity index (χ0v) is 9.40. The Morgan fingerprint density at radius 3 is 3.14 bits per heavy atom. The quantitative estimate of drug-likeness (QED) is 0.826. The summed E-state index contributed by atoms with van der Waals surface area (Å²) in [6.45, 7) is 2.12. The summed E-state index contributed by atoms with van der Waals surface area (Å²) in [6, 6.07) is 4.31. The molecule has 1 saturated heterocycles. The van der Waals surface area contributed by atoms with Crippen molar-refractivity contribution in [3.8, 4) is 0 Å². The molecule has 2 heterocycles. The molecule has 1 aromatic rings. The highest BCUT2D eigenvalue weighted by Gasteiger charge is 2.32. The minimum Gasteiger partial charge on any atom is -0.377 e. The lowest BCUT2D eigenvalue weighted by molar-refractivity contribution is -0.0272. The van der Waals surface area contributed by atoms with Gasteiger partial charge in [0, 0.05) is 25.0 Å². The molecule has 2 nitrogen and oxygen atoms in total. The molecule has 0 aromatic carbocycles. The highest BCUT2D eigenvalue weighted by Crippen LogP contribution is 2.26. The SMILES string of the molecule is COC1(Cc2cccs2)CCCNC1. The number of methoxy groups -OCH3 is 1. The fourth-order valence-electron chi connectivity index (χ4n) is 2.07. The Morgan fingerprint density at radius 1 is 1.64 bits per heavy atom. The predicted octanol–water partition coefficient (Wildman–Crippen LogP) is 2.06. The van der Waals surface area contributed by atoms with Crippen molar-refractivity contribution in [2.24, 2.45) is 0 Å². The summed E-state index contributed by atoms with van der Waals surface area (Å²) in [6.07, 6.45) is 3.45. The summed E-state index contributed by atoms with van der Waals surface area (Å²) < 4.78 is 5.70. The van der Waals surface area contributed by atoms with Gasteiger partial charge in [-0.1, -0.05) is 6.07 Å². The van der Waals surface area contributed by atoms with Crippen LogP contribution in [0.3, 0.4) is 0 Å². The van der Waals surface area contributed by atoms with Crippen LogP contribution in [0.2, 0.25) is 0 Å². The third-order valence-electron chi connectivity index (χ3n) is 2.94. The Kier molecular flexibility index (Phi) is 3.21. The lowest BCUT2D eigenvalue weighted by Gasteiger charge is -2.36. The van der Waals surface area contributed by atoms with Gasteiger partial charge in [-0.05, 0) is 30.8 Å². The molecule has 0 aliphatic carbocycles. The van der Waals surface area contributed by atoms with Crippen LogP contribution in [0.5, 0.6) is 0 Å². The molecule has 0 amide bonds. The normalized spacial score (nSPS) is 27.8. The van der Waals surface area contributed by atoms with Gasteiger partial charge in [0.25, 0.3) is 0 Å². The van der Waals surface area contributed by atoms with Gasteiger partial charge in [-0.3, -0.25) is 0 Å². The van der Waals surface area contributed by atoms with E-state index in [-0.39, 0.29) is 5.60 Å². The largest absolute Gasteiger partial charge is 0.377 e. The van der Waals surface area contributed by atoms with Crippen molar-refractivity contribution in [2.45, 2.75) is 24.9 Å². The lowest BCUT2D eigenvalue weighted by Crippen LogP contribution is -2.48. The van der Waals surface area contributed by atoms with Gasteiger partial charge in [0.15, 0.2) is 0 Å². The third kappa shape index (κ3) is 2.16. The molecule has 1 aromatic heterocycles. The molecule has 0 radical (unpaired) electrons. The van der Waals surface area contributed by atoms with Crippen LogP contribution in [0, 0.1) is 0 Å². The van der Waals surface area contributed by atoms with Gasteiger partial charge in [-0.25, -0.2) is 0 Å². The molecule has 1 aliphatic rings. The van der Waals surface area contributed by atoms with Crippen molar-refractivity contribution in [1.29, 1.82) is 0 Å². The molecule has 0 bridgehead atoms. The van der Waals surface area contributed by atoms with Gasteiger partial charge >= 0.3 is 0 Å². The summed E-state index contributed by atoms with van der Waals surface area (Å²) in [5.74, 6) is 0. The lowest BCUT2D eigenvalue weighted by atomic mass is 9.90. The van der Waals surface area contributed by atoms with Crippen molar-refractivity contribution in [3.05, 3.63) is 22.4 Å². The first kappa shape index (κ1) is 10.1. The van der Waals surface area contributed by atoms with Crippen molar-refractivity contribution in [1.82, 2.24) is 5.32 Å². The second-order valence-corrected chi connectivity index (χ2v) is 4.96. The van der Waals surface area contributed by atoms with Crippen LogP contribution in [0.4, 0.5) is 0 Å². The van der Waals surface area contributed by atoms with Crippen LogP contribution in [-0.4, -0.2) is 25.8 Å². The molecule has 2 rings (SSSR count). The first-order valence-electron chi connectivity index (χ1n) is 5.13. The molecule has 1 atom stereocenters. The molecule has 3 heteroatoms. The molecule has 14 heavy (non-hydrogen) atoms. The Balaban J connectivity index is 2.04. The second-order valence-electron chi connectivity index (χ2n) is 3.92. The van der Waals surface area contributed by atoms with E-state index in [4.69, 9.17) is 4.74 Å². The van der Waals surface area contributed by atoms with Crippen molar-refractivity contribution in [3.63, 3.8) is 0 Å². The van der Waals surface area contributed by atoms with Crippen molar-refractivity contribution >= 4 is 11.3 Å². The molecule has 1 aliphatic heterocycles. The van der Waals surface area contributed by atoms with E-state index in [1.807, 2.05) is 18.4 Å². The molecule has 0 saturated carbocycles. The maximum absolute atomic E-state index is 5.70. The molecule has 0 spiro atoms. The zero-order valence-electron chi connectivity index (χ0n) is 8.58. The number of hydrogen-bond acceptors (Lipinski definition) is 3. The van der Waals surface area contributed by atoms with Crippen LogP contribution in [0.1, 0.15) is 17.7 Å². The Hall–Kier alpha value is -0.380. The number of piperidine rings is 1. The highest BCUT2D eigenvalue weighted by molar-refractivity contribution is 7.09. The van der Waals surface area contributed by atoms with Gasteiger partial charge in [0.05, 0.1) is 5.60 Å². The minimum atomic E-state index is 0.0447. The maximum atomic E-state index is 5.70. The summed E-state index contributed by atoms with van der Waals surface area (Å²) in [7, 11) is 1.83. The van der Waals surface area contributed by atoms with Crippen LogP contribution < -0.4 is 5.32 Å². The average molecular weight is 211 g/mol. The molecule has 1 fully saturated rings.